The summed E-state index contributed by atoms with van der Waals surface area (Å²) in [5.74, 6) is 0. The number of benzene rings is 9. The van der Waals surface area contributed by atoms with Gasteiger partial charge >= 0.3 is 0 Å². The Morgan fingerprint density at radius 1 is 0.271 bits per heavy atom. The van der Waals surface area contributed by atoms with E-state index in [9.17, 15) is 0 Å². The first-order valence-electron chi connectivity index (χ1n) is 16.4. The molecule has 48 heavy (non-hydrogen) atoms. The van der Waals surface area contributed by atoms with E-state index in [1.807, 2.05) is 12.1 Å². The summed E-state index contributed by atoms with van der Waals surface area (Å²) in [5, 5.41) is 12.0. The molecule has 11 rings (SSSR count). The molecule has 0 N–H and O–H groups in total. The molecule has 11 aromatic rings. The summed E-state index contributed by atoms with van der Waals surface area (Å²) < 4.78 is 13.0. The van der Waals surface area contributed by atoms with Crippen molar-refractivity contribution in [3.8, 4) is 33.4 Å². The summed E-state index contributed by atoms with van der Waals surface area (Å²) in [4.78, 5) is 0. The van der Waals surface area contributed by atoms with Crippen LogP contribution in [0.25, 0.3) is 110 Å². The normalized spacial score (nSPS) is 12.2. The molecule has 2 aromatic heterocycles. The standard InChI is InChI=1S/C46H26O2/c1-2-7-27(8-3-1)28-13-15-29(16-14-28)32-21-17-30-20-24-37-33(22-18-31-19-23-36(32)42(30)43(31)37)35-10-6-12-41-44(35)39-26-25-38-34-9-4-5-11-40(34)47-45(38)46(39)48-41/h1-26H. The minimum atomic E-state index is 0.798. The third kappa shape index (κ3) is 3.52. The number of rotatable bonds is 3. The van der Waals surface area contributed by atoms with Crippen molar-refractivity contribution in [1.82, 2.24) is 0 Å². The van der Waals surface area contributed by atoms with E-state index in [-0.39, 0.29) is 0 Å². The Bertz CT molecular complexity index is 3030. The van der Waals surface area contributed by atoms with Crippen LogP contribution in [0, 0.1) is 0 Å². The lowest BCUT2D eigenvalue weighted by Gasteiger charge is -2.17. The van der Waals surface area contributed by atoms with E-state index in [0.29, 0.717) is 0 Å². The van der Waals surface area contributed by atoms with Crippen LogP contribution in [0.2, 0.25) is 0 Å². The van der Waals surface area contributed by atoms with E-state index in [2.05, 4.69) is 146 Å². The van der Waals surface area contributed by atoms with Gasteiger partial charge in [-0.3, -0.25) is 0 Å². The van der Waals surface area contributed by atoms with Crippen LogP contribution in [0.15, 0.2) is 167 Å². The Morgan fingerprint density at radius 3 is 1.65 bits per heavy atom. The van der Waals surface area contributed by atoms with Crippen molar-refractivity contribution in [2.45, 2.75) is 0 Å². The third-order valence-corrected chi connectivity index (χ3v) is 10.3. The van der Waals surface area contributed by atoms with Crippen molar-refractivity contribution >= 4 is 76.2 Å². The molecule has 0 spiro atoms. The first kappa shape index (κ1) is 25.8. The van der Waals surface area contributed by atoms with Gasteiger partial charge in [0.25, 0.3) is 0 Å². The summed E-state index contributed by atoms with van der Waals surface area (Å²) in [5.41, 5.74) is 10.6. The fourth-order valence-electron chi connectivity index (χ4n) is 8.05. The third-order valence-electron chi connectivity index (χ3n) is 10.3. The van der Waals surface area contributed by atoms with E-state index in [0.717, 1.165) is 49.4 Å². The second kappa shape index (κ2) is 9.57. The van der Waals surface area contributed by atoms with E-state index >= 15 is 0 Å². The summed E-state index contributed by atoms with van der Waals surface area (Å²) in [7, 11) is 0. The average Bonchev–Trinajstić information content (AvgIpc) is 3.73. The van der Waals surface area contributed by atoms with Crippen molar-refractivity contribution in [2.24, 2.45) is 0 Å². The highest BCUT2D eigenvalue weighted by Gasteiger charge is 2.20. The topological polar surface area (TPSA) is 26.3 Å². The Labute approximate surface area is 275 Å². The molecule has 0 aliphatic heterocycles. The first-order chi connectivity index (χ1) is 23.8. The van der Waals surface area contributed by atoms with Crippen molar-refractivity contribution in [3.63, 3.8) is 0 Å². The van der Waals surface area contributed by atoms with Crippen molar-refractivity contribution in [2.75, 3.05) is 0 Å². The largest absolute Gasteiger partial charge is 0.452 e. The molecular weight excluding hydrogens is 585 g/mol. The van der Waals surface area contributed by atoms with Gasteiger partial charge in [-0.15, -0.1) is 0 Å². The number of fused-ring (bicyclic) bond motifs is 7. The van der Waals surface area contributed by atoms with E-state index in [1.165, 1.54) is 60.1 Å². The second-order valence-electron chi connectivity index (χ2n) is 12.8. The molecule has 0 bridgehead atoms. The summed E-state index contributed by atoms with van der Waals surface area (Å²) in [6.45, 7) is 0. The van der Waals surface area contributed by atoms with Gasteiger partial charge in [0.1, 0.15) is 11.2 Å². The summed E-state index contributed by atoms with van der Waals surface area (Å²) in [6.07, 6.45) is 0. The van der Waals surface area contributed by atoms with E-state index in [1.54, 1.807) is 0 Å². The van der Waals surface area contributed by atoms with E-state index in [4.69, 9.17) is 8.83 Å². The van der Waals surface area contributed by atoms with Crippen LogP contribution in [0.4, 0.5) is 0 Å². The predicted molar refractivity (Wildman–Crippen MR) is 201 cm³/mol. The van der Waals surface area contributed by atoms with Gasteiger partial charge in [-0.2, -0.15) is 0 Å². The summed E-state index contributed by atoms with van der Waals surface area (Å²) in [6, 6.07) is 56.8. The molecule has 0 saturated carbocycles. The van der Waals surface area contributed by atoms with Gasteiger partial charge in [0.2, 0.25) is 0 Å². The van der Waals surface area contributed by atoms with Gasteiger partial charge in [-0.25, -0.2) is 0 Å². The SMILES string of the molecule is c1ccc(-c2ccc(-c3ccc4ccc5c(-c6cccc7oc8c(ccc9c%10ccccc%10oc98)c67)ccc6ccc3c4c65)cc2)cc1. The van der Waals surface area contributed by atoms with Crippen LogP contribution >= 0.6 is 0 Å². The van der Waals surface area contributed by atoms with Crippen LogP contribution < -0.4 is 0 Å². The van der Waals surface area contributed by atoms with Gasteiger partial charge in [-0.05, 0) is 90.0 Å². The van der Waals surface area contributed by atoms with Crippen molar-refractivity contribution in [3.05, 3.63) is 158 Å². The Balaban J connectivity index is 1.14. The molecule has 2 nitrogen and oxygen atoms in total. The fourth-order valence-corrected chi connectivity index (χ4v) is 8.05. The molecule has 222 valence electrons. The fraction of sp³-hybridized carbons (Fsp3) is 0. The van der Waals surface area contributed by atoms with Gasteiger partial charge in [0, 0.05) is 21.5 Å². The van der Waals surface area contributed by atoms with Gasteiger partial charge in [0.05, 0.1) is 0 Å². The lowest BCUT2D eigenvalue weighted by atomic mass is 9.86. The van der Waals surface area contributed by atoms with Crippen LogP contribution in [-0.4, -0.2) is 0 Å². The number of hydrogen-bond donors (Lipinski definition) is 0. The minimum absolute atomic E-state index is 0.798. The Hall–Kier alpha value is -6.38. The average molecular weight is 611 g/mol. The van der Waals surface area contributed by atoms with Gasteiger partial charge < -0.3 is 8.83 Å². The monoisotopic (exact) mass is 610 g/mol. The van der Waals surface area contributed by atoms with E-state index < -0.39 is 0 Å². The molecule has 9 aromatic carbocycles. The molecule has 0 radical (unpaired) electrons. The van der Waals surface area contributed by atoms with Gasteiger partial charge in [0.15, 0.2) is 11.2 Å². The number of hydrogen-bond acceptors (Lipinski definition) is 2. The molecular formula is C46H26O2. The van der Waals surface area contributed by atoms with Gasteiger partial charge in [-0.1, -0.05) is 133 Å². The molecule has 2 heterocycles. The maximum atomic E-state index is 6.59. The Morgan fingerprint density at radius 2 is 0.833 bits per heavy atom. The molecule has 0 amide bonds. The van der Waals surface area contributed by atoms with Crippen LogP contribution in [0.5, 0.6) is 0 Å². The maximum absolute atomic E-state index is 6.59. The lowest BCUT2D eigenvalue weighted by Crippen LogP contribution is -1.90. The predicted octanol–water partition coefficient (Wildman–Crippen LogP) is 13.4. The van der Waals surface area contributed by atoms with Crippen molar-refractivity contribution < 1.29 is 8.83 Å². The second-order valence-corrected chi connectivity index (χ2v) is 12.8. The first-order valence-corrected chi connectivity index (χ1v) is 16.4. The zero-order valence-corrected chi connectivity index (χ0v) is 25.8. The zero-order valence-electron chi connectivity index (χ0n) is 25.8. The molecule has 0 atom stereocenters. The molecule has 0 aliphatic rings. The Kier molecular flexibility index (Phi) is 5.14. The smallest absolute Gasteiger partial charge is 0.178 e. The lowest BCUT2D eigenvalue weighted by molar-refractivity contribution is 0.633. The number of para-hydroxylation sites is 1. The highest BCUT2D eigenvalue weighted by Crippen LogP contribution is 2.46. The molecule has 0 aliphatic carbocycles. The zero-order chi connectivity index (χ0) is 31.3. The maximum Gasteiger partial charge on any atom is 0.178 e. The molecule has 0 unspecified atom stereocenters. The van der Waals surface area contributed by atoms with Crippen LogP contribution in [0.3, 0.4) is 0 Å². The quantitative estimate of drug-likeness (QED) is 0.186. The minimum Gasteiger partial charge on any atom is -0.452 e. The highest BCUT2D eigenvalue weighted by molar-refractivity contribution is 6.29. The highest BCUT2D eigenvalue weighted by atomic mass is 16.4. The van der Waals surface area contributed by atoms with Crippen LogP contribution in [-0.2, 0) is 0 Å². The molecule has 0 saturated heterocycles. The molecule has 2 heteroatoms. The van der Waals surface area contributed by atoms with Crippen LogP contribution in [0.1, 0.15) is 0 Å². The van der Waals surface area contributed by atoms with Crippen molar-refractivity contribution in [1.29, 1.82) is 0 Å². The molecule has 0 fully saturated rings. The number of furan rings is 2. The summed E-state index contributed by atoms with van der Waals surface area (Å²) >= 11 is 0.